The van der Waals surface area contributed by atoms with Crippen LogP contribution >= 0.6 is 11.6 Å². The second-order valence-electron chi connectivity index (χ2n) is 5.98. The van der Waals surface area contributed by atoms with Crippen molar-refractivity contribution in [1.82, 2.24) is 14.5 Å². The first-order chi connectivity index (χ1) is 12.6. The van der Waals surface area contributed by atoms with Gasteiger partial charge in [0.1, 0.15) is 5.69 Å². The smallest absolute Gasteiger partial charge is 0.274 e. The van der Waals surface area contributed by atoms with Gasteiger partial charge in [-0.05, 0) is 35.9 Å². The predicted molar refractivity (Wildman–Crippen MR) is 103 cm³/mol. The van der Waals surface area contributed by atoms with Crippen LogP contribution in [0.3, 0.4) is 0 Å². The fourth-order valence-corrected chi connectivity index (χ4v) is 2.91. The van der Waals surface area contributed by atoms with Crippen LogP contribution in [-0.2, 0) is 7.05 Å². The number of aromatic nitrogens is 3. The first-order valence-corrected chi connectivity index (χ1v) is 8.42. The van der Waals surface area contributed by atoms with Crippen molar-refractivity contribution >= 4 is 34.1 Å². The molecule has 1 N–H and O–H groups in total. The summed E-state index contributed by atoms with van der Waals surface area (Å²) in [6, 6.07) is 12.9. The van der Waals surface area contributed by atoms with Gasteiger partial charge in [-0.1, -0.05) is 23.7 Å². The quantitative estimate of drug-likeness (QED) is 0.582. The number of carbonyl (C=O) groups is 1. The Balaban J connectivity index is 1.75. The largest absolute Gasteiger partial charge is 0.355 e. The Kier molecular flexibility index (Phi) is 4.14. The second kappa shape index (κ2) is 6.61. The number of benzene rings is 1. The van der Waals surface area contributed by atoms with Gasteiger partial charge in [0.2, 0.25) is 0 Å². The number of hydrogen-bond donors (Lipinski definition) is 1. The number of fused-ring (bicyclic) bond motifs is 1. The van der Waals surface area contributed by atoms with E-state index in [-0.39, 0.29) is 5.91 Å². The molecule has 6 heteroatoms. The summed E-state index contributed by atoms with van der Waals surface area (Å²) in [5.41, 5.74) is 3.60. The van der Waals surface area contributed by atoms with E-state index in [1.807, 2.05) is 60.4 Å². The zero-order chi connectivity index (χ0) is 18.1. The molecule has 1 aromatic carbocycles. The molecule has 26 heavy (non-hydrogen) atoms. The maximum Gasteiger partial charge on any atom is 0.274 e. The summed E-state index contributed by atoms with van der Waals surface area (Å²) in [4.78, 5) is 21.4. The van der Waals surface area contributed by atoms with Gasteiger partial charge >= 0.3 is 0 Å². The number of nitrogens with zero attached hydrogens (tertiary/aromatic N) is 3. The van der Waals surface area contributed by atoms with E-state index < -0.39 is 0 Å². The molecule has 0 aliphatic carbocycles. The first kappa shape index (κ1) is 16.3. The van der Waals surface area contributed by atoms with Crippen molar-refractivity contribution in [3.63, 3.8) is 0 Å². The Labute approximate surface area is 155 Å². The van der Waals surface area contributed by atoms with E-state index in [0.717, 1.165) is 27.7 Å². The summed E-state index contributed by atoms with van der Waals surface area (Å²) in [7, 11) is 1.90. The molecule has 3 aromatic heterocycles. The molecule has 4 rings (SSSR count). The summed E-state index contributed by atoms with van der Waals surface area (Å²) in [6.07, 6.45) is 7.19. The third kappa shape index (κ3) is 3.17. The van der Waals surface area contributed by atoms with Crippen molar-refractivity contribution in [1.29, 1.82) is 0 Å². The fraction of sp³-hybridized carbons (Fsp3) is 0.0500. The van der Waals surface area contributed by atoms with Crippen molar-refractivity contribution in [2.45, 2.75) is 0 Å². The summed E-state index contributed by atoms with van der Waals surface area (Å²) in [5.74, 6) is -0.253. The third-order valence-corrected chi connectivity index (χ3v) is 4.33. The number of aryl methyl sites for hydroxylation is 1. The normalized spacial score (nSPS) is 10.8. The van der Waals surface area contributed by atoms with Crippen LogP contribution in [0, 0.1) is 0 Å². The first-order valence-electron chi connectivity index (χ1n) is 8.04. The molecule has 0 saturated heterocycles. The van der Waals surface area contributed by atoms with E-state index in [2.05, 4.69) is 15.3 Å². The number of pyridine rings is 2. The van der Waals surface area contributed by atoms with E-state index >= 15 is 0 Å². The van der Waals surface area contributed by atoms with Gasteiger partial charge < -0.3 is 9.88 Å². The zero-order valence-corrected chi connectivity index (χ0v) is 14.7. The van der Waals surface area contributed by atoms with Crippen LogP contribution in [0.1, 0.15) is 10.5 Å². The Hall–Kier alpha value is -3.18. The van der Waals surface area contributed by atoms with Crippen molar-refractivity contribution in [2.24, 2.45) is 7.05 Å². The third-order valence-electron chi connectivity index (χ3n) is 4.08. The highest BCUT2D eigenvalue weighted by Gasteiger charge is 2.12. The van der Waals surface area contributed by atoms with Crippen LogP contribution in [0.4, 0.5) is 5.69 Å². The van der Waals surface area contributed by atoms with Crippen molar-refractivity contribution < 1.29 is 4.79 Å². The van der Waals surface area contributed by atoms with Crippen molar-refractivity contribution in [3.05, 3.63) is 78.0 Å². The van der Waals surface area contributed by atoms with Crippen molar-refractivity contribution in [3.8, 4) is 11.1 Å². The van der Waals surface area contributed by atoms with Crippen LogP contribution in [0.2, 0.25) is 5.02 Å². The summed E-state index contributed by atoms with van der Waals surface area (Å²) >= 11 is 5.98. The molecule has 0 saturated carbocycles. The molecule has 0 aliphatic rings. The van der Waals surface area contributed by atoms with Gasteiger partial charge in [-0.2, -0.15) is 0 Å². The van der Waals surface area contributed by atoms with Crippen LogP contribution in [0.5, 0.6) is 0 Å². The zero-order valence-electron chi connectivity index (χ0n) is 14.0. The topological polar surface area (TPSA) is 59.8 Å². The Bertz CT molecular complexity index is 1100. The minimum atomic E-state index is -0.253. The van der Waals surface area contributed by atoms with Crippen LogP contribution in [0.15, 0.2) is 67.3 Å². The second-order valence-corrected chi connectivity index (χ2v) is 6.42. The van der Waals surface area contributed by atoms with E-state index in [9.17, 15) is 4.79 Å². The fourth-order valence-electron chi connectivity index (χ4n) is 2.78. The molecular weight excluding hydrogens is 348 g/mol. The minimum absolute atomic E-state index is 0.253. The van der Waals surface area contributed by atoms with E-state index in [1.54, 1.807) is 18.5 Å². The molecule has 0 radical (unpaired) electrons. The molecule has 0 aliphatic heterocycles. The molecule has 3 heterocycles. The Morgan fingerprint density at radius 1 is 1.08 bits per heavy atom. The molecule has 0 unspecified atom stereocenters. The summed E-state index contributed by atoms with van der Waals surface area (Å²) < 4.78 is 1.87. The highest BCUT2D eigenvalue weighted by atomic mass is 35.5. The molecular formula is C20H15ClN4O. The highest BCUT2D eigenvalue weighted by Crippen LogP contribution is 2.27. The average molecular weight is 363 g/mol. The molecule has 0 spiro atoms. The van der Waals surface area contributed by atoms with E-state index in [1.165, 1.54) is 0 Å². The van der Waals surface area contributed by atoms with Gasteiger partial charge in [-0.25, -0.2) is 4.98 Å². The SMILES string of the molecule is Cn1ccc(NC(=O)c2ccc3cncc(-c4ccc(Cl)cc4)c3n2)c1. The number of hydrogen-bond acceptors (Lipinski definition) is 3. The Morgan fingerprint density at radius 3 is 2.62 bits per heavy atom. The summed E-state index contributed by atoms with van der Waals surface area (Å²) in [6.45, 7) is 0. The highest BCUT2D eigenvalue weighted by molar-refractivity contribution is 6.30. The molecule has 0 bridgehead atoms. The molecule has 128 valence electrons. The standard InChI is InChI=1S/C20H15ClN4O/c1-25-9-8-16(12-25)23-20(26)18-7-4-14-10-22-11-17(19(14)24-18)13-2-5-15(21)6-3-13/h2-12H,1H3,(H,23,26). The van der Waals surface area contributed by atoms with Gasteiger partial charge in [-0.15, -0.1) is 0 Å². The van der Waals surface area contributed by atoms with Gasteiger partial charge in [0.15, 0.2) is 0 Å². The maximum absolute atomic E-state index is 12.5. The Morgan fingerprint density at radius 2 is 1.88 bits per heavy atom. The summed E-state index contributed by atoms with van der Waals surface area (Å²) in [5, 5.41) is 4.39. The lowest BCUT2D eigenvalue weighted by Crippen LogP contribution is -2.13. The van der Waals surface area contributed by atoms with Crippen LogP contribution in [-0.4, -0.2) is 20.4 Å². The number of halogens is 1. The van der Waals surface area contributed by atoms with E-state index in [0.29, 0.717) is 10.7 Å². The maximum atomic E-state index is 12.5. The molecule has 0 atom stereocenters. The molecule has 1 amide bonds. The van der Waals surface area contributed by atoms with Gasteiger partial charge in [-0.3, -0.25) is 9.78 Å². The number of rotatable bonds is 3. The van der Waals surface area contributed by atoms with Gasteiger partial charge in [0.25, 0.3) is 5.91 Å². The monoisotopic (exact) mass is 362 g/mol. The van der Waals surface area contributed by atoms with E-state index in [4.69, 9.17) is 11.6 Å². The number of nitrogens with one attached hydrogen (secondary N) is 1. The van der Waals surface area contributed by atoms with Gasteiger partial charge in [0.05, 0.1) is 11.2 Å². The molecule has 4 aromatic rings. The number of amides is 1. The van der Waals surface area contributed by atoms with Crippen molar-refractivity contribution in [2.75, 3.05) is 5.32 Å². The van der Waals surface area contributed by atoms with Crippen LogP contribution < -0.4 is 5.32 Å². The lowest BCUT2D eigenvalue weighted by molar-refractivity contribution is 0.102. The lowest BCUT2D eigenvalue weighted by atomic mass is 10.0. The molecule has 0 fully saturated rings. The number of carbonyl (C=O) groups excluding carboxylic acids is 1. The number of anilines is 1. The van der Waals surface area contributed by atoms with Crippen LogP contribution in [0.25, 0.3) is 22.0 Å². The molecule has 5 nitrogen and oxygen atoms in total. The average Bonchev–Trinajstić information content (AvgIpc) is 3.06. The van der Waals surface area contributed by atoms with Gasteiger partial charge in [0, 0.05) is 47.8 Å². The lowest BCUT2D eigenvalue weighted by Gasteiger charge is -2.08. The minimum Gasteiger partial charge on any atom is -0.355 e. The predicted octanol–water partition coefficient (Wildman–Crippen LogP) is 4.54.